The number of thiophene rings is 1. The van der Waals surface area contributed by atoms with Crippen molar-refractivity contribution in [3.05, 3.63) is 76.1 Å². The molecule has 0 bridgehead atoms. The third-order valence-electron chi connectivity index (χ3n) is 5.81. The van der Waals surface area contributed by atoms with E-state index in [0.29, 0.717) is 5.02 Å². The Balaban J connectivity index is 1.28. The molecule has 3 aromatic heterocycles. The average Bonchev–Trinajstić information content (AvgIpc) is 3.58. The summed E-state index contributed by atoms with van der Waals surface area (Å²) in [6.07, 6.45) is 4.58. The van der Waals surface area contributed by atoms with E-state index < -0.39 is 0 Å². The van der Waals surface area contributed by atoms with E-state index in [4.69, 9.17) is 16.6 Å². The maximum Gasteiger partial charge on any atom is 0.151 e. The van der Waals surface area contributed by atoms with Crippen LogP contribution in [0.15, 0.2) is 54.9 Å². The first-order valence-corrected chi connectivity index (χ1v) is 12.4. The molecule has 2 aromatic carbocycles. The molecule has 8 heteroatoms. The Kier molecular flexibility index (Phi) is 5.63. The average molecular weight is 485 g/mol. The van der Waals surface area contributed by atoms with Gasteiger partial charge >= 0.3 is 0 Å². The monoisotopic (exact) mass is 484 g/mol. The first-order chi connectivity index (χ1) is 16.7. The van der Waals surface area contributed by atoms with Gasteiger partial charge in [-0.25, -0.2) is 15.0 Å². The number of aromatic amines is 1. The third kappa shape index (κ3) is 4.36. The summed E-state index contributed by atoms with van der Waals surface area (Å²) >= 11 is 8.19. The van der Waals surface area contributed by atoms with Gasteiger partial charge in [0, 0.05) is 12.1 Å². The molecule has 4 heterocycles. The Hall–Kier alpha value is -3.44. The highest BCUT2D eigenvalue weighted by atomic mass is 35.5. The molecule has 1 saturated heterocycles. The number of rotatable bonds is 4. The summed E-state index contributed by atoms with van der Waals surface area (Å²) in [4.78, 5) is 18.0. The van der Waals surface area contributed by atoms with Crippen LogP contribution in [0.2, 0.25) is 5.02 Å². The normalized spacial score (nSPS) is 15.5. The van der Waals surface area contributed by atoms with E-state index >= 15 is 0 Å². The molecular formula is C26H21ClN6S. The van der Waals surface area contributed by atoms with E-state index in [0.717, 1.165) is 62.8 Å². The van der Waals surface area contributed by atoms with Crippen molar-refractivity contribution < 1.29 is 0 Å². The highest BCUT2D eigenvalue weighted by Gasteiger charge is 2.13. The summed E-state index contributed by atoms with van der Waals surface area (Å²) in [5.74, 6) is 8.24. The molecule has 0 amide bonds. The number of benzene rings is 2. The summed E-state index contributed by atoms with van der Waals surface area (Å²) in [5.41, 5.74) is 4.56. The van der Waals surface area contributed by atoms with Crippen molar-refractivity contribution in [1.29, 1.82) is 0 Å². The largest absolute Gasteiger partial charge is 0.342 e. The first kappa shape index (κ1) is 21.1. The molecule has 1 aliphatic rings. The SMILES string of the molecule is Clc1cc(Nc2ncnc3cc(C#C[C@H]4CCCN4)sc23)cc2[nH]c(Cc3ccccc3)nc12. The molecule has 168 valence electrons. The zero-order chi connectivity index (χ0) is 22.9. The lowest BCUT2D eigenvalue weighted by molar-refractivity contribution is 0.749. The van der Waals surface area contributed by atoms with Gasteiger partial charge in [-0.2, -0.15) is 0 Å². The smallest absolute Gasteiger partial charge is 0.151 e. The van der Waals surface area contributed by atoms with Crippen LogP contribution in [-0.4, -0.2) is 32.5 Å². The summed E-state index contributed by atoms with van der Waals surface area (Å²) in [7, 11) is 0. The Morgan fingerprint density at radius 3 is 2.91 bits per heavy atom. The second-order valence-corrected chi connectivity index (χ2v) is 9.75. The van der Waals surface area contributed by atoms with Crippen LogP contribution in [0.1, 0.15) is 29.1 Å². The van der Waals surface area contributed by atoms with Gasteiger partial charge in [0.2, 0.25) is 0 Å². The van der Waals surface area contributed by atoms with E-state index in [1.54, 1.807) is 17.7 Å². The van der Waals surface area contributed by atoms with Crippen LogP contribution >= 0.6 is 22.9 Å². The Morgan fingerprint density at radius 1 is 1.15 bits per heavy atom. The first-order valence-electron chi connectivity index (χ1n) is 11.2. The highest BCUT2D eigenvalue weighted by Crippen LogP contribution is 2.33. The number of aromatic nitrogens is 4. The molecule has 1 aliphatic heterocycles. The van der Waals surface area contributed by atoms with Gasteiger partial charge in [0.25, 0.3) is 0 Å². The fourth-order valence-electron chi connectivity index (χ4n) is 4.18. The van der Waals surface area contributed by atoms with Crippen LogP contribution in [0.3, 0.4) is 0 Å². The summed E-state index contributed by atoms with van der Waals surface area (Å²) in [5, 5.41) is 7.41. The third-order valence-corrected chi connectivity index (χ3v) is 7.14. The van der Waals surface area contributed by atoms with Crippen LogP contribution < -0.4 is 10.6 Å². The predicted octanol–water partition coefficient (Wildman–Crippen LogP) is 5.66. The van der Waals surface area contributed by atoms with Crippen molar-refractivity contribution in [2.75, 3.05) is 11.9 Å². The number of halogens is 1. The summed E-state index contributed by atoms with van der Waals surface area (Å²) < 4.78 is 0.969. The minimum absolute atomic E-state index is 0.281. The van der Waals surface area contributed by atoms with Crippen LogP contribution in [0.25, 0.3) is 21.3 Å². The molecule has 1 fully saturated rings. The molecule has 5 aromatic rings. The maximum atomic E-state index is 6.59. The number of imidazole rings is 1. The van der Waals surface area contributed by atoms with Crippen molar-refractivity contribution in [2.24, 2.45) is 0 Å². The molecule has 0 spiro atoms. The molecule has 0 unspecified atom stereocenters. The minimum Gasteiger partial charge on any atom is -0.342 e. The minimum atomic E-state index is 0.281. The molecule has 0 saturated carbocycles. The number of fused-ring (bicyclic) bond motifs is 2. The molecule has 6 rings (SSSR count). The van der Waals surface area contributed by atoms with Gasteiger partial charge in [0.15, 0.2) is 5.82 Å². The fourth-order valence-corrected chi connectivity index (χ4v) is 5.36. The van der Waals surface area contributed by atoms with Gasteiger partial charge in [-0.3, -0.25) is 0 Å². The lowest BCUT2D eigenvalue weighted by Gasteiger charge is -2.07. The van der Waals surface area contributed by atoms with Gasteiger partial charge in [0.1, 0.15) is 17.7 Å². The quantitative estimate of drug-likeness (QED) is 0.287. The van der Waals surface area contributed by atoms with E-state index in [9.17, 15) is 0 Å². The van der Waals surface area contributed by atoms with Crippen LogP contribution in [0, 0.1) is 11.8 Å². The van der Waals surface area contributed by atoms with Crippen molar-refractivity contribution in [2.45, 2.75) is 25.3 Å². The molecule has 1 atom stereocenters. The van der Waals surface area contributed by atoms with Crippen LogP contribution in [0.5, 0.6) is 0 Å². The summed E-state index contributed by atoms with van der Waals surface area (Å²) in [6.45, 7) is 1.04. The van der Waals surface area contributed by atoms with Crippen molar-refractivity contribution >= 4 is 55.7 Å². The van der Waals surface area contributed by atoms with Gasteiger partial charge in [-0.15, -0.1) is 11.3 Å². The molecule has 34 heavy (non-hydrogen) atoms. The van der Waals surface area contributed by atoms with Crippen LogP contribution in [-0.2, 0) is 6.42 Å². The number of nitrogens with one attached hydrogen (secondary N) is 3. The number of nitrogens with zero attached hydrogens (tertiary/aromatic N) is 3. The van der Waals surface area contributed by atoms with Gasteiger partial charge < -0.3 is 15.6 Å². The molecule has 6 nitrogen and oxygen atoms in total. The van der Waals surface area contributed by atoms with E-state index in [1.165, 1.54) is 12.0 Å². The number of anilines is 2. The Bertz CT molecular complexity index is 1540. The molecule has 3 N–H and O–H groups in total. The topological polar surface area (TPSA) is 78.5 Å². The Morgan fingerprint density at radius 2 is 2.06 bits per heavy atom. The van der Waals surface area contributed by atoms with Gasteiger partial charge in [-0.05, 0) is 43.1 Å². The molecule has 0 radical (unpaired) electrons. The van der Waals surface area contributed by atoms with Crippen molar-refractivity contribution in [3.8, 4) is 11.8 Å². The fraction of sp³-hybridized carbons (Fsp3) is 0.192. The lowest BCUT2D eigenvalue weighted by atomic mass is 10.1. The van der Waals surface area contributed by atoms with Gasteiger partial charge in [-0.1, -0.05) is 53.8 Å². The van der Waals surface area contributed by atoms with Crippen molar-refractivity contribution in [3.63, 3.8) is 0 Å². The summed E-state index contributed by atoms with van der Waals surface area (Å²) in [6, 6.07) is 16.4. The maximum absolute atomic E-state index is 6.59. The Labute approximate surface area is 205 Å². The predicted molar refractivity (Wildman–Crippen MR) is 139 cm³/mol. The van der Waals surface area contributed by atoms with E-state index in [2.05, 4.69) is 49.6 Å². The zero-order valence-corrected chi connectivity index (χ0v) is 19.8. The van der Waals surface area contributed by atoms with E-state index in [1.807, 2.05) is 36.4 Å². The van der Waals surface area contributed by atoms with E-state index in [-0.39, 0.29) is 6.04 Å². The highest BCUT2D eigenvalue weighted by molar-refractivity contribution is 7.20. The lowest BCUT2D eigenvalue weighted by Crippen LogP contribution is -2.18. The van der Waals surface area contributed by atoms with Crippen molar-refractivity contribution in [1.82, 2.24) is 25.3 Å². The number of H-pyrrole nitrogens is 1. The number of hydrogen-bond acceptors (Lipinski definition) is 6. The standard InChI is InChI=1S/C26H21ClN6S/c27-20-12-18(13-21-24(20)33-23(32-21)11-16-5-2-1-3-6-16)31-26-25-22(29-15-30-26)14-19(34-25)9-8-17-7-4-10-28-17/h1-3,5-6,12-15,17,28H,4,7,10-11H2,(H,32,33)(H,29,30,31)/t17-/m1/s1. The molecule has 0 aliphatic carbocycles. The molecular weight excluding hydrogens is 464 g/mol. The number of hydrogen-bond donors (Lipinski definition) is 3. The van der Waals surface area contributed by atoms with Crippen LogP contribution in [0.4, 0.5) is 11.5 Å². The second kappa shape index (κ2) is 9.07. The van der Waals surface area contributed by atoms with Gasteiger partial charge in [0.05, 0.1) is 31.7 Å². The second-order valence-electron chi connectivity index (χ2n) is 8.29. The zero-order valence-electron chi connectivity index (χ0n) is 18.2.